The van der Waals surface area contributed by atoms with Crippen molar-refractivity contribution in [2.75, 3.05) is 12.3 Å². The van der Waals surface area contributed by atoms with Crippen molar-refractivity contribution < 1.29 is 14.2 Å². The van der Waals surface area contributed by atoms with Gasteiger partial charge in [0.2, 0.25) is 0 Å². The quantitative estimate of drug-likeness (QED) is 0.836. The van der Waals surface area contributed by atoms with Crippen molar-refractivity contribution in [3.63, 3.8) is 0 Å². The van der Waals surface area contributed by atoms with E-state index in [0.29, 0.717) is 29.6 Å². The molecule has 2 aliphatic heterocycles. The minimum atomic E-state index is -0.655. The summed E-state index contributed by atoms with van der Waals surface area (Å²) in [7, 11) is 0. The molecule has 0 saturated carbocycles. The number of imidazole rings is 1. The molecular formula is C16H24N6O3. The average Bonchev–Trinajstić information content (AvgIpc) is 3.17. The van der Waals surface area contributed by atoms with Gasteiger partial charge < -0.3 is 25.3 Å². The second kappa shape index (κ2) is 5.87. The van der Waals surface area contributed by atoms with E-state index in [1.54, 1.807) is 6.33 Å². The molecule has 0 amide bonds. The third-order valence-corrected chi connectivity index (χ3v) is 4.51. The van der Waals surface area contributed by atoms with Crippen molar-refractivity contribution in [2.24, 2.45) is 0 Å². The number of nitrogens with two attached hydrogens (primary N) is 1. The van der Waals surface area contributed by atoms with Gasteiger partial charge in [0.05, 0.1) is 6.33 Å². The number of aromatic nitrogens is 4. The molecule has 3 N–H and O–H groups in total. The Morgan fingerprint density at radius 2 is 2.00 bits per heavy atom. The minimum absolute atomic E-state index is 0.129. The monoisotopic (exact) mass is 348 g/mol. The molecule has 2 aromatic heterocycles. The highest BCUT2D eigenvalue weighted by Gasteiger charge is 2.55. The summed E-state index contributed by atoms with van der Waals surface area (Å²) in [4.78, 5) is 12.6. The van der Waals surface area contributed by atoms with Gasteiger partial charge in [-0.3, -0.25) is 4.57 Å². The lowest BCUT2D eigenvalue weighted by Crippen LogP contribution is -2.39. The summed E-state index contributed by atoms with van der Waals surface area (Å²) >= 11 is 0. The molecule has 4 heterocycles. The summed E-state index contributed by atoms with van der Waals surface area (Å²) in [5.74, 6) is -0.307. The Labute approximate surface area is 145 Å². The van der Waals surface area contributed by atoms with Gasteiger partial charge in [0.15, 0.2) is 23.5 Å². The lowest BCUT2D eigenvalue weighted by atomic mass is 10.1. The zero-order valence-electron chi connectivity index (χ0n) is 14.8. The van der Waals surface area contributed by atoms with Gasteiger partial charge >= 0.3 is 0 Å². The van der Waals surface area contributed by atoms with E-state index >= 15 is 0 Å². The van der Waals surface area contributed by atoms with Crippen molar-refractivity contribution in [3.05, 3.63) is 12.7 Å². The maximum atomic E-state index is 6.27. The number of anilines is 1. The van der Waals surface area contributed by atoms with Crippen molar-refractivity contribution in [3.8, 4) is 0 Å². The van der Waals surface area contributed by atoms with Crippen LogP contribution in [-0.4, -0.2) is 56.2 Å². The van der Waals surface area contributed by atoms with Crippen LogP contribution in [0.4, 0.5) is 5.82 Å². The molecule has 0 aromatic carbocycles. The highest BCUT2D eigenvalue weighted by atomic mass is 16.8. The third-order valence-electron chi connectivity index (χ3n) is 4.51. The number of hydrogen-bond acceptors (Lipinski definition) is 8. The van der Waals surface area contributed by atoms with Gasteiger partial charge in [0.1, 0.15) is 30.2 Å². The summed E-state index contributed by atoms with van der Waals surface area (Å²) in [6.07, 6.45) is 2.17. The van der Waals surface area contributed by atoms with Gasteiger partial charge in [-0.1, -0.05) is 13.8 Å². The van der Waals surface area contributed by atoms with Crippen LogP contribution in [0.5, 0.6) is 0 Å². The Balaban J connectivity index is 1.67. The summed E-state index contributed by atoms with van der Waals surface area (Å²) in [5.41, 5.74) is 7.08. The number of ether oxygens (including phenoxy) is 3. The topological polar surface area (TPSA) is 109 Å². The Morgan fingerprint density at radius 1 is 1.24 bits per heavy atom. The highest BCUT2D eigenvalue weighted by molar-refractivity contribution is 5.81. The lowest BCUT2D eigenvalue weighted by Gasteiger charge is -2.25. The molecule has 2 aliphatic rings. The zero-order valence-corrected chi connectivity index (χ0v) is 14.8. The summed E-state index contributed by atoms with van der Waals surface area (Å²) < 4.78 is 20.4. The number of fused-ring (bicyclic) bond motifs is 2. The maximum Gasteiger partial charge on any atom is 0.167 e. The molecule has 4 rings (SSSR count). The Hall–Kier alpha value is -1.81. The number of nitrogen functional groups attached to an aromatic ring is 1. The molecular weight excluding hydrogens is 324 g/mol. The number of nitrogens with one attached hydrogen (secondary N) is 1. The predicted octanol–water partition coefficient (Wildman–Crippen LogP) is 0.824. The van der Waals surface area contributed by atoms with E-state index in [2.05, 4.69) is 34.1 Å². The summed E-state index contributed by atoms with van der Waals surface area (Å²) in [6, 6.07) is 0.359. The molecule has 2 aromatic rings. The standard InChI is InChI=1S/C16H24N6O3/c1-8(2)18-5-9-11-12(25-16(3,4)24-11)15(23-9)22-7-21-10-13(17)19-6-20-14(10)22/h6-9,11-12,15,18H,5H2,1-4H3,(H2,17,19,20)/t9?,11-,12-,15?/m1/s1. The maximum absolute atomic E-state index is 6.27. The number of hydrogen-bond donors (Lipinski definition) is 2. The number of rotatable bonds is 4. The smallest absolute Gasteiger partial charge is 0.167 e. The van der Waals surface area contributed by atoms with E-state index < -0.39 is 5.79 Å². The molecule has 136 valence electrons. The van der Waals surface area contributed by atoms with Gasteiger partial charge in [0.25, 0.3) is 0 Å². The second-order valence-corrected chi connectivity index (χ2v) is 7.28. The van der Waals surface area contributed by atoms with E-state index in [1.165, 1.54) is 6.33 Å². The minimum Gasteiger partial charge on any atom is -0.382 e. The van der Waals surface area contributed by atoms with Crippen LogP contribution in [0, 0.1) is 0 Å². The molecule has 0 spiro atoms. The van der Waals surface area contributed by atoms with Crippen molar-refractivity contribution >= 4 is 17.0 Å². The molecule has 0 bridgehead atoms. The average molecular weight is 348 g/mol. The van der Waals surface area contributed by atoms with Crippen LogP contribution in [0.3, 0.4) is 0 Å². The first kappa shape index (κ1) is 16.6. The largest absolute Gasteiger partial charge is 0.382 e. The van der Waals surface area contributed by atoms with E-state index in [-0.39, 0.29) is 24.5 Å². The third kappa shape index (κ3) is 2.86. The number of nitrogens with zero attached hydrogens (tertiary/aromatic N) is 4. The zero-order chi connectivity index (χ0) is 17.8. The molecule has 2 fully saturated rings. The fourth-order valence-corrected chi connectivity index (χ4v) is 3.46. The first-order valence-corrected chi connectivity index (χ1v) is 8.53. The van der Waals surface area contributed by atoms with Crippen molar-refractivity contribution in [2.45, 2.75) is 64.1 Å². The van der Waals surface area contributed by atoms with Gasteiger partial charge in [-0.2, -0.15) is 0 Å². The van der Waals surface area contributed by atoms with Crippen LogP contribution >= 0.6 is 0 Å². The van der Waals surface area contributed by atoms with Crippen LogP contribution in [0.15, 0.2) is 12.7 Å². The predicted molar refractivity (Wildman–Crippen MR) is 90.6 cm³/mol. The van der Waals surface area contributed by atoms with Crippen LogP contribution in [0.1, 0.15) is 33.9 Å². The molecule has 2 unspecified atom stereocenters. The Kier molecular flexibility index (Phi) is 3.91. The van der Waals surface area contributed by atoms with Crippen LogP contribution in [0.2, 0.25) is 0 Å². The van der Waals surface area contributed by atoms with Gasteiger partial charge in [0, 0.05) is 12.6 Å². The molecule has 25 heavy (non-hydrogen) atoms. The molecule has 9 nitrogen and oxygen atoms in total. The summed E-state index contributed by atoms with van der Waals surface area (Å²) in [5, 5.41) is 3.41. The normalized spacial score (nSPS) is 31.1. The second-order valence-electron chi connectivity index (χ2n) is 7.28. The molecule has 4 atom stereocenters. The van der Waals surface area contributed by atoms with E-state index in [0.717, 1.165) is 0 Å². The van der Waals surface area contributed by atoms with Crippen LogP contribution in [-0.2, 0) is 14.2 Å². The molecule has 0 radical (unpaired) electrons. The van der Waals surface area contributed by atoms with Crippen molar-refractivity contribution in [1.29, 1.82) is 0 Å². The molecule has 0 aliphatic carbocycles. The SMILES string of the molecule is CC(C)NCC1OC(n2cnc3c(N)ncnc32)[C@@H]2OC(C)(C)O[C@H]12. The highest BCUT2D eigenvalue weighted by Crippen LogP contribution is 2.43. The first-order valence-electron chi connectivity index (χ1n) is 8.53. The van der Waals surface area contributed by atoms with E-state index in [4.69, 9.17) is 19.9 Å². The Bertz CT molecular complexity index is 776. The van der Waals surface area contributed by atoms with Crippen LogP contribution in [0.25, 0.3) is 11.2 Å². The van der Waals surface area contributed by atoms with Crippen LogP contribution < -0.4 is 11.1 Å². The molecule has 2 saturated heterocycles. The molecule has 9 heteroatoms. The van der Waals surface area contributed by atoms with Gasteiger partial charge in [-0.25, -0.2) is 15.0 Å². The summed E-state index contributed by atoms with van der Waals surface area (Å²) in [6.45, 7) is 8.72. The van der Waals surface area contributed by atoms with Gasteiger partial charge in [-0.05, 0) is 13.8 Å². The fraction of sp³-hybridized carbons (Fsp3) is 0.688. The van der Waals surface area contributed by atoms with Crippen molar-refractivity contribution in [1.82, 2.24) is 24.8 Å². The Morgan fingerprint density at radius 3 is 2.76 bits per heavy atom. The first-order chi connectivity index (χ1) is 11.9. The van der Waals surface area contributed by atoms with Gasteiger partial charge in [-0.15, -0.1) is 0 Å². The lowest BCUT2D eigenvalue weighted by molar-refractivity contribution is -0.195. The van der Waals surface area contributed by atoms with E-state index in [9.17, 15) is 0 Å². The van der Waals surface area contributed by atoms with E-state index in [1.807, 2.05) is 18.4 Å². The fourth-order valence-electron chi connectivity index (χ4n) is 3.46.